The SMILES string of the molecule is Cc1ccc(N2CCN(C3CCNC3)CC2)c(C)c1. The molecule has 2 saturated heterocycles. The third-order valence-electron chi connectivity index (χ3n) is 4.56. The maximum atomic E-state index is 3.47. The van der Waals surface area contributed by atoms with Gasteiger partial charge in [0.25, 0.3) is 0 Å². The lowest BCUT2D eigenvalue weighted by Gasteiger charge is -2.39. The summed E-state index contributed by atoms with van der Waals surface area (Å²) in [7, 11) is 0. The van der Waals surface area contributed by atoms with E-state index in [1.807, 2.05) is 0 Å². The highest BCUT2D eigenvalue weighted by Crippen LogP contribution is 2.23. The van der Waals surface area contributed by atoms with Gasteiger partial charge in [0.1, 0.15) is 0 Å². The van der Waals surface area contributed by atoms with Gasteiger partial charge >= 0.3 is 0 Å². The van der Waals surface area contributed by atoms with E-state index in [9.17, 15) is 0 Å². The first-order valence-electron chi connectivity index (χ1n) is 7.51. The molecule has 0 amide bonds. The van der Waals surface area contributed by atoms with Crippen LogP contribution in [0.3, 0.4) is 0 Å². The van der Waals surface area contributed by atoms with Crippen molar-refractivity contribution in [2.45, 2.75) is 26.3 Å². The van der Waals surface area contributed by atoms with Gasteiger partial charge in [0.2, 0.25) is 0 Å². The summed E-state index contributed by atoms with van der Waals surface area (Å²) >= 11 is 0. The van der Waals surface area contributed by atoms with Crippen molar-refractivity contribution in [2.75, 3.05) is 44.2 Å². The summed E-state index contributed by atoms with van der Waals surface area (Å²) in [6.45, 7) is 11.5. The van der Waals surface area contributed by atoms with E-state index in [4.69, 9.17) is 0 Å². The topological polar surface area (TPSA) is 18.5 Å². The monoisotopic (exact) mass is 259 g/mol. The van der Waals surface area contributed by atoms with Crippen molar-refractivity contribution in [3.8, 4) is 0 Å². The molecule has 2 fully saturated rings. The van der Waals surface area contributed by atoms with Gasteiger partial charge in [-0.15, -0.1) is 0 Å². The van der Waals surface area contributed by atoms with E-state index in [1.54, 1.807) is 0 Å². The maximum absolute atomic E-state index is 3.47. The Balaban J connectivity index is 1.63. The molecule has 3 heteroatoms. The molecule has 2 aliphatic heterocycles. The number of benzene rings is 1. The Bertz CT molecular complexity index is 430. The Morgan fingerprint density at radius 2 is 1.89 bits per heavy atom. The molecule has 0 spiro atoms. The molecule has 2 aliphatic rings. The van der Waals surface area contributed by atoms with E-state index >= 15 is 0 Å². The van der Waals surface area contributed by atoms with Gasteiger partial charge in [-0.1, -0.05) is 17.7 Å². The van der Waals surface area contributed by atoms with Crippen molar-refractivity contribution in [3.63, 3.8) is 0 Å². The number of piperazine rings is 1. The summed E-state index contributed by atoms with van der Waals surface area (Å²) in [4.78, 5) is 5.22. The summed E-state index contributed by atoms with van der Waals surface area (Å²) < 4.78 is 0. The van der Waals surface area contributed by atoms with Gasteiger partial charge in [-0.2, -0.15) is 0 Å². The van der Waals surface area contributed by atoms with Crippen molar-refractivity contribution in [1.29, 1.82) is 0 Å². The zero-order valence-electron chi connectivity index (χ0n) is 12.2. The molecule has 0 aromatic heterocycles. The average molecular weight is 259 g/mol. The summed E-state index contributed by atoms with van der Waals surface area (Å²) in [5.74, 6) is 0. The second-order valence-electron chi connectivity index (χ2n) is 5.96. The minimum absolute atomic E-state index is 0.779. The highest BCUT2D eigenvalue weighted by Gasteiger charge is 2.26. The lowest BCUT2D eigenvalue weighted by atomic mass is 10.1. The molecule has 1 atom stereocenters. The Kier molecular flexibility index (Phi) is 3.76. The zero-order valence-corrected chi connectivity index (χ0v) is 12.2. The molecule has 1 unspecified atom stereocenters. The molecule has 0 radical (unpaired) electrons. The molecule has 1 aromatic carbocycles. The fourth-order valence-electron chi connectivity index (χ4n) is 3.44. The predicted molar refractivity (Wildman–Crippen MR) is 81.0 cm³/mol. The van der Waals surface area contributed by atoms with Crippen LogP contribution in [0.2, 0.25) is 0 Å². The van der Waals surface area contributed by atoms with Gasteiger partial charge < -0.3 is 10.2 Å². The van der Waals surface area contributed by atoms with Crippen LogP contribution in [0.1, 0.15) is 17.5 Å². The summed E-state index contributed by atoms with van der Waals surface area (Å²) in [6.07, 6.45) is 1.32. The van der Waals surface area contributed by atoms with Crippen LogP contribution in [0.25, 0.3) is 0 Å². The molecule has 104 valence electrons. The standard InChI is InChI=1S/C16H25N3/c1-13-3-4-16(14(2)11-13)19-9-7-18(8-10-19)15-5-6-17-12-15/h3-4,11,15,17H,5-10,12H2,1-2H3. The molecule has 3 rings (SSSR count). The van der Waals surface area contributed by atoms with Crippen molar-refractivity contribution in [1.82, 2.24) is 10.2 Å². The molecule has 0 aliphatic carbocycles. The van der Waals surface area contributed by atoms with Crippen LogP contribution in [0.5, 0.6) is 0 Å². The van der Waals surface area contributed by atoms with Gasteiger partial charge in [0.15, 0.2) is 0 Å². The van der Waals surface area contributed by atoms with Crippen LogP contribution < -0.4 is 10.2 Å². The van der Waals surface area contributed by atoms with Gasteiger partial charge in [0.05, 0.1) is 0 Å². The van der Waals surface area contributed by atoms with E-state index in [1.165, 1.54) is 62.5 Å². The molecular formula is C16H25N3. The molecule has 3 nitrogen and oxygen atoms in total. The molecule has 1 aromatic rings. The smallest absolute Gasteiger partial charge is 0.0396 e. The molecule has 2 heterocycles. The minimum atomic E-state index is 0.779. The van der Waals surface area contributed by atoms with Crippen LogP contribution in [0.4, 0.5) is 5.69 Å². The number of anilines is 1. The third kappa shape index (κ3) is 2.77. The fourth-order valence-corrected chi connectivity index (χ4v) is 3.44. The third-order valence-corrected chi connectivity index (χ3v) is 4.56. The first-order chi connectivity index (χ1) is 9.24. The normalized spacial score (nSPS) is 24.9. The Morgan fingerprint density at radius 3 is 2.53 bits per heavy atom. The quantitative estimate of drug-likeness (QED) is 0.873. The van der Waals surface area contributed by atoms with Gasteiger partial charge in [-0.05, 0) is 38.4 Å². The number of nitrogens with one attached hydrogen (secondary N) is 1. The van der Waals surface area contributed by atoms with Crippen LogP contribution in [-0.4, -0.2) is 50.2 Å². The second-order valence-corrected chi connectivity index (χ2v) is 5.96. The molecular weight excluding hydrogens is 234 g/mol. The van der Waals surface area contributed by atoms with Gasteiger partial charge in [0, 0.05) is 44.5 Å². The first-order valence-corrected chi connectivity index (χ1v) is 7.51. The average Bonchev–Trinajstić information content (AvgIpc) is 2.93. The lowest BCUT2D eigenvalue weighted by molar-refractivity contribution is 0.196. The number of rotatable bonds is 2. The van der Waals surface area contributed by atoms with Gasteiger partial charge in [-0.3, -0.25) is 4.90 Å². The zero-order chi connectivity index (χ0) is 13.2. The number of aryl methyl sites for hydroxylation is 2. The van der Waals surface area contributed by atoms with Crippen LogP contribution in [0.15, 0.2) is 18.2 Å². The first kappa shape index (κ1) is 12.9. The van der Waals surface area contributed by atoms with Crippen LogP contribution >= 0.6 is 0 Å². The van der Waals surface area contributed by atoms with Crippen LogP contribution in [0, 0.1) is 13.8 Å². The Hall–Kier alpha value is -1.06. The highest BCUT2D eigenvalue weighted by atomic mass is 15.3. The van der Waals surface area contributed by atoms with E-state index < -0.39 is 0 Å². The molecule has 19 heavy (non-hydrogen) atoms. The van der Waals surface area contributed by atoms with Crippen LogP contribution in [-0.2, 0) is 0 Å². The molecule has 0 bridgehead atoms. The van der Waals surface area contributed by atoms with Crippen molar-refractivity contribution >= 4 is 5.69 Å². The minimum Gasteiger partial charge on any atom is -0.369 e. The summed E-state index contributed by atoms with van der Waals surface area (Å²) in [5.41, 5.74) is 4.20. The van der Waals surface area contributed by atoms with Crippen molar-refractivity contribution in [3.05, 3.63) is 29.3 Å². The largest absolute Gasteiger partial charge is 0.369 e. The number of hydrogen-bond acceptors (Lipinski definition) is 3. The van der Waals surface area contributed by atoms with E-state index in [-0.39, 0.29) is 0 Å². The lowest BCUT2D eigenvalue weighted by Crippen LogP contribution is -2.51. The van der Waals surface area contributed by atoms with Crippen molar-refractivity contribution in [2.24, 2.45) is 0 Å². The summed E-state index contributed by atoms with van der Waals surface area (Å²) in [6, 6.07) is 7.59. The molecule has 1 N–H and O–H groups in total. The number of hydrogen-bond donors (Lipinski definition) is 1. The maximum Gasteiger partial charge on any atom is 0.0396 e. The second kappa shape index (κ2) is 5.51. The number of nitrogens with zero attached hydrogens (tertiary/aromatic N) is 2. The highest BCUT2D eigenvalue weighted by molar-refractivity contribution is 5.54. The van der Waals surface area contributed by atoms with E-state index in [2.05, 4.69) is 47.2 Å². The van der Waals surface area contributed by atoms with Crippen molar-refractivity contribution < 1.29 is 0 Å². The summed E-state index contributed by atoms with van der Waals surface area (Å²) in [5, 5.41) is 3.47. The Labute approximate surface area is 116 Å². The van der Waals surface area contributed by atoms with E-state index in [0.29, 0.717) is 0 Å². The van der Waals surface area contributed by atoms with Gasteiger partial charge in [-0.25, -0.2) is 0 Å². The predicted octanol–water partition coefficient (Wildman–Crippen LogP) is 1.79. The Morgan fingerprint density at radius 1 is 1.11 bits per heavy atom. The molecule has 0 saturated carbocycles. The van der Waals surface area contributed by atoms with E-state index in [0.717, 1.165) is 6.04 Å². The fraction of sp³-hybridized carbons (Fsp3) is 0.625.